The SMILES string of the molecule is CC.CCCN.Cc1ccc(CCCC=O)cc1. The maximum absolute atomic E-state index is 10.0. The average Bonchev–Trinajstić information content (AvgIpc) is 2.44. The van der Waals surface area contributed by atoms with Gasteiger partial charge in [0, 0.05) is 6.42 Å². The van der Waals surface area contributed by atoms with Gasteiger partial charge in [-0.2, -0.15) is 0 Å². The summed E-state index contributed by atoms with van der Waals surface area (Å²) >= 11 is 0. The molecule has 0 fully saturated rings. The Labute approximate surface area is 113 Å². The smallest absolute Gasteiger partial charge is 0.120 e. The van der Waals surface area contributed by atoms with Gasteiger partial charge in [-0.3, -0.25) is 0 Å². The Kier molecular flexibility index (Phi) is 16.9. The van der Waals surface area contributed by atoms with Crippen LogP contribution in [0.3, 0.4) is 0 Å². The van der Waals surface area contributed by atoms with E-state index in [4.69, 9.17) is 5.73 Å². The van der Waals surface area contributed by atoms with E-state index >= 15 is 0 Å². The lowest BCUT2D eigenvalue weighted by molar-refractivity contribution is -0.107. The quantitative estimate of drug-likeness (QED) is 0.637. The van der Waals surface area contributed by atoms with Crippen molar-refractivity contribution in [2.45, 2.75) is 53.4 Å². The lowest BCUT2D eigenvalue weighted by atomic mass is 10.1. The Morgan fingerprint density at radius 2 is 1.67 bits per heavy atom. The van der Waals surface area contributed by atoms with E-state index < -0.39 is 0 Å². The minimum absolute atomic E-state index is 0.674. The highest BCUT2D eigenvalue weighted by molar-refractivity contribution is 5.49. The maximum atomic E-state index is 10.0. The van der Waals surface area contributed by atoms with Crippen LogP contribution >= 0.6 is 0 Å². The van der Waals surface area contributed by atoms with Gasteiger partial charge in [0.2, 0.25) is 0 Å². The standard InChI is InChI=1S/C11H14O.C3H9N.C2H6/c1-10-5-7-11(8-6-10)4-2-3-9-12;1-2-3-4;1-2/h5-9H,2-4H2,1H3;2-4H2,1H3;1-2H3. The Balaban J connectivity index is 0. The molecule has 18 heavy (non-hydrogen) atoms. The fraction of sp³-hybridized carbons (Fsp3) is 0.562. The van der Waals surface area contributed by atoms with Crippen LogP contribution in [0, 0.1) is 6.92 Å². The van der Waals surface area contributed by atoms with Gasteiger partial charge < -0.3 is 10.5 Å². The average molecular weight is 251 g/mol. The van der Waals surface area contributed by atoms with Gasteiger partial charge in [0.25, 0.3) is 0 Å². The molecule has 2 nitrogen and oxygen atoms in total. The van der Waals surface area contributed by atoms with Gasteiger partial charge in [-0.1, -0.05) is 50.6 Å². The van der Waals surface area contributed by atoms with Crippen LogP contribution in [0.4, 0.5) is 0 Å². The normalized spacial score (nSPS) is 8.50. The molecule has 0 aromatic heterocycles. The number of nitrogens with two attached hydrogens (primary N) is 1. The summed E-state index contributed by atoms with van der Waals surface area (Å²) in [6.07, 6.45) is 4.73. The third kappa shape index (κ3) is 12.9. The van der Waals surface area contributed by atoms with Crippen molar-refractivity contribution in [3.05, 3.63) is 35.4 Å². The van der Waals surface area contributed by atoms with E-state index in [1.807, 2.05) is 13.8 Å². The molecule has 0 saturated heterocycles. The summed E-state index contributed by atoms with van der Waals surface area (Å²) in [7, 11) is 0. The van der Waals surface area contributed by atoms with Crippen molar-refractivity contribution >= 4 is 6.29 Å². The summed E-state index contributed by atoms with van der Waals surface area (Å²) in [6, 6.07) is 8.47. The molecule has 1 aromatic carbocycles. The molecule has 0 aliphatic heterocycles. The molecule has 0 bridgehead atoms. The fourth-order valence-electron chi connectivity index (χ4n) is 1.14. The Morgan fingerprint density at radius 1 is 1.17 bits per heavy atom. The first-order chi connectivity index (χ1) is 8.74. The van der Waals surface area contributed by atoms with Crippen molar-refractivity contribution in [2.24, 2.45) is 5.73 Å². The first-order valence-electron chi connectivity index (χ1n) is 6.93. The maximum Gasteiger partial charge on any atom is 0.120 e. The van der Waals surface area contributed by atoms with E-state index in [2.05, 4.69) is 38.1 Å². The lowest BCUT2D eigenvalue weighted by Crippen LogP contribution is -1.93. The molecule has 0 saturated carbocycles. The highest BCUT2D eigenvalue weighted by Gasteiger charge is 1.91. The first kappa shape index (κ1) is 19.2. The predicted molar refractivity (Wildman–Crippen MR) is 80.9 cm³/mol. The molecule has 0 heterocycles. The topological polar surface area (TPSA) is 43.1 Å². The van der Waals surface area contributed by atoms with Gasteiger partial charge in [0.05, 0.1) is 0 Å². The molecular formula is C16H29NO. The van der Waals surface area contributed by atoms with Gasteiger partial charge in [0.15, 0.2) is 0 Å². The second-order valence-corrected chi connectivity index (χ2v) is 3.83. The monoisotopic (exact) mass is 251 g/mol. The van der Waals surface area contributed by atoms with Crippen molar-refractivity contribution in [3.63, 3.8) is 0 Å². The minimum atomic E-state index is 0.674. The molecular weight excluding hydrogens is 222 g/mol. The third-order valence-corrected chi connectivity index (χ3v) is 2.20. The molecule has 2 N–H and O–H groups in total. The number of hydrogen-bond acceptors (Lipinski definition) is 2. The summed E-state index contributed by atoms with van der Waals surface area (Å²) in [4.78, 5) is 10.0. The van der Waals surface area contributed by atoms with Gasteiger partial charge in [0.1, 0.15) is 6.29 Å². The van der Waals surface area contributed by atoms with Crippen LogP contribution in [0.15, 0.2) is 24.3 Å². The molecule has 1 rings (SSSR count). The molecule has 0 radical (unpaired) electrons. The second kappa shape index (κ2) is 15.9. The summed E-state index contributed by atoms with van der Waals surface area (Å²) in [6.45, 7) is 8.95. The van der Waals surface area contributed by atoms with Crippen LogP contribution in [0.5, 0.6) is 0 Å². The van der Waals surface area contributed by atoms with Crippen molar-refractivity contribution < 1.29 is 4.79 Å². The van der Waals surface area contributed by atoms with Crippen LogP contribution in [-0.2, 0) is 11.2 Å². The van der Waals surface area contributed by atoms with Gasteiger partial charge in [-0.05, 0) is 38.3 Å². The van der Waals surface area contributed by atoms with E-state index in [0.29, 0.717) is 6.42 Å². The lowest BCUT2D eigenvalue weighted by Gasteiger charge is -1.98. The molecule has 104 valence electrons. The zero-order valence-electron chi connectivity index (χ0n) is 12.4. The van der Waals surface area contributed by atoms with Crippen LogP contribution in [0.2, 0.25) is 0 Å². The molecule has 0 aliphatic carbocycles. The number of carbonyl (C=O) groups excluding carboxylic acids is 1. The van der Waals surface area contributed by atoms with Crippen LogP contribution in [-0.4, -0.2) is 12.8 Å². The van der Waals surface area contributed by atoms with Crippen molar-refractivity contribution in [3.8, 4) is 0 Å². The fourth-order valence-corrected chi connectivity index (χ4v) is 1.14. The number of aldehydes is 1. The molecule has 0 aliphatic rings. The number of hydrogen-bond donors (Lipinski definition) is 1. The van der Waals surface area contributed by atoms with Crippen molar-refractivity contribution in [1.29, 1.82) is 0 Å². The summed E-state index contributed by atoms with van der Waals surface area (Å²) in [5.41, 5.74) is 7.64. The number of benzene rings is 1. The van der Waals surface area contributed by atoms with E-state index in [-0.39, 0.29) is 0 Å². The molecule has 2 heteroatoms. The largest absolute Gasteiger partial charge is 0.330 e. The zero-order valence-corrected chi connectivity index (χ0v) is 12.4. The highest BCUT2D eigenvalue weighted by Crippen LogP contribution is 2.06. The Morgan fingerprint density at radius 3 is 2.06 bits per heavy atom. The molecule has 0 spiro atoms. The number of aryl methyl sites for hydroxylation is 2. The number of rotatable bonds is 5. The minimum Gasteiger partial charge on any atom is -0.330 e. The number of unbranched alkanes of at least 4 members (excludes halogenated alkanes) is 1. The first-order valence-corrected chi connectivity index (χ1v) is 6.93. The van der Waals surface area contributed by atoms with Crippen LogP contribution < -0.4 is 5.73 Å². The van der Waals surface area contributed by atoms with Gasteiger partial charge in [-0.15, -0.1) is 0 Å². The molecule has 0 amide bonds. The number of carbonyl (C=O) groups is 1. The van der Waals surface area contributed by atoms with E-state index in [0.717, 1.165) is 32.1 Å². The molecule has 0 unspecified atom stereocenters. The second-order valence-electron chi connectivity index (χ2n) is 3.83. The third-order valence-electron chi connectivity index (χ3n) is 2.20. The van der Waals surface area contributed by atoms with E-state index in [1.165, 1.54) is 11.1 Å². The summed E-state index contributed by atoms with van der Waals surface area (Å²) in [5, 5.41) is 0. The Hall–Kier alpha value is -1.15. The Bertz CT molecular complexity index is 265. The van der Waals surface area contributed by atoms with Gasteiger partial charge in [-0.25, -0.2) is 0 Å². The zero-order chi connectivity index (χ0) is 14.2. The van der Waals surface area contributed by atoms with E-state index in [9.17, 15) is 4.79 Å². The molecule has 1 aromatic rings. The van der Waals surface area contributed by atoms with Gasteiger partial charge >= 0.3 is 0 Å². The summed E-state index contributed by atoms with van der Waals surface area (Å²) in [5.74, 6) is 0. The van der Waals surface area contributed by atoms with Crippen molar-refractivity contribution in [2.75, 3.05) is 6.54 Å². The van der Waals surface area contributed by atoms with Crippen molar-refractivity contribution in [1.82, 2.24) is 0 Å². The predicted octanol–water partition coefficient (Wildman–Crippen LogP) is 3.90. The summed E-state index contributed by atoms with van der Waals surface area (Å²) < 4.78 is 0. The van der Waals surface area contributed by atoms with Crippen LogP contribution in [0.1, 0.15) is 51.2 Å². The molecule has 0 atom stereocenters. The van der Waals surface area contributed by atoms with E-state index in [1.54, 1.807) is 0 Å². The highest BCUT2D eigenvalue weighted by atomic mass is 16.1. The van der Waals surface area contributed by atoms with Crippen LogP contribution in [0.25, 0.3) is 0 Å².